The van der Waals surface area contributed by atoms with Crippen molar-refractivity contribution in [2.75, 3.05) is 39.6 Å². The molecule has 0 aromatic rings. The number of aliphatic hydroxyl groups excluding tert-OH is 1. The van der Waals surface area contributed by atoms with Gasteiger partial charge in [-0.25, -0.2) is 9.13 Å². The minimum Gasteiger partial charge on any atom is -0.462 e. The molecule has 468 valence electrons. The number of esters is 4. The van der Waals surface area contributed by atoms with E-state index in [9.17, 15) is 43.2 Å². The highest BCUT2D eigenvalue weighted by molar-refractivity contribution is 7.47. The molecule has 79 heavy (non-hydrogen) atoms. The molecule has 0 bridgehead atoms. The van der Waals surface area contributed by atoms with Gasteiger partial charge in [-0.1, -0.05) is 235 Å². The van der Waals surface area contributed by atoms with E-state index in [4.69, 9.17) is 37.0 Å². The van der Waals surface area contributed by atoms with E-state index in [2.05, 4.69) is 48.5 Å². The van der Waals surface area contributed by atoms with E-state index >= 15 is 0 Å². The van der Waals surface area contributed by atoms with Crippen LogP contribution in [0.3, 0.4) is 0 Å². The molecule has 0 rings (SSSR count). The predicted molar refractivity (Wildman–Crippen MR) is 312 cm³/mol. The standard InChI is InChI=1S/C60H116O17P2/c1-8-9-10-11-12-14-18-27-34-41-57(62)70-47-56(77-60(65)44-37-30-23-21-26-33-40-53(6)7)50-75-79(68,69)73-46-54(61)45-72-78(66,67)74-49-55(48-71-58(63)42-35-28-22-20-25-32-39-52(4)5)76-59(64)43-36-29-19-16-13-15-17-24-31-38-51(2)3/h51-56,61H,8-50H2,1-7H3,(H,66,67)(H,68,69)/t54-,55-,56-/m1/s1. The van der Waals surface area contributed by atoms with Crippen LogP contribution in [0, 0.1) is 17.8 Å². The minimum atomic E-state index is -4.94. The van der Waals surface area contributed by atoms with Crippen molar-refractivity contribution in [2.24, 2.45) is 17.8 Å². The average Bonchev–Trinajstić information content (AvgIpc) is 3.39. The first-order chi connectivity index (χ1) is 37.7. The molecular weight excluding hydrogens is 1050 g/mol. The summed E-state index contributed by atoms with van der Waals surface area (Å²) < 4.78 is 67.7. The molecule has 0 fully saturated rings. The summed E-state index contributed by atoms with van der Waals surface area (Å²) in [6.45, 7) is 11.5. The summed E-state index contributed by atoms with van der Waals surface area (Å²) in [5.74, 6) is -0.0632. The SMILES string of the molecule is CCCCCCCCCCCC(=O)OC[C@H](COP(=O)(O)OC[C@H](O)COP(=O)(O)OC[C@@H](COC(=O)CCCCCCCCC(C)C)OC(=O)CCCCCCCCCCCC(C)C)OC(=O)CCCCCCCCC(C)C. The number of carbonyl (C=O) groups excluding carboxylic acids is 4. The van der Waals surface area contributed by atoms with Crippen molar-refractivity contribution >= 4 is 39.5 Å². The van der Waals surface area contributed by atoms with E-state index in [1.807, 2.05) is 0 Å². The van der Waals surface area contributed by atoms with Crippen LogP contribution in [0.4, 0.5) is 0 Å². The summed E-state index contributed by atoms with van der Waals surface area (Å²) in [7, 11) is -9.88. The van der Waals surface area contributed by atoms with E-state index in [-0.39, 0.29) is 25.7 Å². The maximum atomic E-state index is 12.9. The van der Waals surface area contributed by atoms with Crippen LogP contribution < -0.4 is 0 Å². The van der Waals surface area contributed by atoms with Crippen LogP contribution in [0.25, 0.3) is 0 Å². The largest absolute Gasteiger partial charge is 0.472 e. The highest BCUT2D eigenvalue weighted by Crippen LogP contribution is 2.45. The number of unbranched alkanes of at least 4 members (excludes halogenated alkanes) is 26. The van der Waals surface area contributed by atoms with E-state index < -0.39 is 97.5 Å². The lowest BCUT2D eigenvalue weighted by atomic mass is 10.0. The van der Waals surface area contributed by atoms with Crippen LogP contribution >= 0.6 is 15.6 Å². The van der Waals surface area contributed by atoms with Crippen LogP contribution in [-0.2, 0) is 65.4 Å². The Kier molecular flexibility index (Phi) is 50.4. The van der Waals surface area contributed by atoms with E-state index in [1.165, 1.54) is 89.9 Å². The topological polar surface area (TPSA) is 237 Å². The van der Waals surface area contributed by atoms with Gasteiger partial charge in [-0.15, -0.1) is 0 Å². The van der Waals surface area contributed by atoms with Gasteiger partial charge in [0.05, 0.1) is 26.4 Å². The van der Waals surface area contributed by atoms with Crippen LogP contribution in [0.5, 0.6) is 0 Å². The lowest BCUT2D eigenvalue weighted by Gasteiger charge is -2.21. The molecule has 0 spiro atoms. The number of ether oxygens (including phenoxy) is 4. The quantitative estimate of drug-likeness (QED) is 0.0222. The molecule has 17 nitrogen and oxygen atoms in total. The molecule has 0 aromatic carbocycles. The number of hydrogen-bond donors (Lipinski definition) is 3. The molecular formula is C60H116O17P2. The molecule has 0 amide bonds. The van der Waals surface area contributed by atoms with Crippen molar-refractivity contribution < 1.29 is 80.2 Å². The number of phosphoric acid groups is 2. The summed E-state index contributed by atoms with van der Waals surface area (Å²) in [6.07, 6.45) is 31.1. The maximum Gasteiger partial charge on any atom is 0.472 e. The first-order valence-corrected chi connectivity index (χ1v) is 34.3. The molecule has 0 aliphatic carbocycles. The van der Waals surface area contributed by atoms with Gasteiger partial charge >= 0.3 is 39.5 Å². The fourth-order valence-corrected chi connectivity index (χ4v) is 10.4. The normalized spacial score (nSPS) is 14.5. The lowest BCUT2D eigenvalue weighted by Crippen LogP contribution is -2.30. The minimum absolute atomic E-state index is 0.101. The zero-order valence-corrected chi connectivity index (χ0v) is 52.6. The smallest absolute Gasteiger partial charge is 0.462 e. The fraction of sp³-hybridized carbons (Fsp3) is 0.933. The van der Waals surface area contributed by atoms with Crippen LogP contribution in [0.2, 0.25) is 0 Å². The molecule has 3 N–H and O–H groups in total. The molecule has 0 aromatic heterocycles. The first-order valence-electron chi connectivity index (χ1n) is 31.3. The van der Waals surface area contributed by atoms with Gasteiger partial charge < -0.3 is 33.8 Å². The van der Waals surface area contributed by atoms with Crippen molar-refractivity contribution in [2.45, 2.75) is 304 Å². The van der Waals surface area contributed by atoms with Gasteiger partial charge in [0.25, 0.3) is 0 Å². The van der Waals surface area contributed by atoms with Gasteiger partial charge in [-0.2, -0.15) is 0 Å². The van der Waals surface area contributed by atoms with Crippen molar-refractivity contribution in [1.29, 1.82) is 0 Å². The maximum absolute atomic E-state index is 12.9. The third kappa shape index (κ3) is 55.0. The summed E-state index contributed by atoms with van der Waals surface area (Å²) >= 11 is 0. The van der Waals surface area contributed by atoms with Crippen LogP contribution in [0.15, 0.2) is 0 Å². The van der Waals surface area contributed by atoms with E-state index in [0.717, 1.165) is 102 Å². The third-order valence-corrected chi connectivity index (χ3v) is 15.5. The monoisotopic (exact) mass is 1170 g/mol. The molecule has 2 unspecified atom stereocenters. The third-order valence-electron chi connectivity index (χ3n) is 13.6. The van der Waals surface area contributed by atoms with Gasteiger partial charge in [-0.05, 0) is 43.4 Å². The molecule has 0 saturated carbocycles. The summed E-state index contributed by atoms with van der Waals surface area (Å²) in [4.78, 5) is 71.9. The Hall–Kier alpha value is -1.94. The Morgan fingerprint density at radius 3 is 0.861 bits per heavy atom. The highest BCUT2D eigenvalue weighted by atomic mass is 31.2. The molecule has 0 heterocycles. The van der Waals surface area contributed by atoms with Gasteiger partial charge in [0.1, 0.15) is 19.3 Å². The highest BCUT2D eigenvalue weighted by Gasteiger charge is 2.30. The summed E-state index contributed by atoms with van der Waals surface area (Å²) in [6, 6.07) is 0. The Morgan fingerprint density at radius 1 is 0.342 bits per heavy atom. The second kappa shape index (κ2) is 51.7. The zero-order chi connectivity index (χ0) is 58.8. The molecule has 5 atom stereocenters. The number of hydrogen-bond acceptors (Lipinski definition) is 15. The number of aliphatic hydroxyl groups is 1. The molecule has 0 aliphatic rings. The summed E-state index contributed by atoms with van der Waals surface area (Å²) in [5, 5.41) is 10.5. The van der Waals surface area contributed by atoms with E-state index in [1.54, 1.807) is 0 Å². The van der Waals surface area contributed by atoms with Crippen molar-refractivity contribution in [3.63, 3.8) is 0 Å². The Balaban J connectivity index is 5.23. The van der Waals surface area contributed by atoms with Crippen molar-refractivity contribution in [1.82, 2.24) is 0 Å². The number of carbonyl (C=O) groups is 4. The lowest BCUT2D eigenvalue weighted by molar-refractivity contribution is -0.161. The molecule has 0 aliphatic heterocycles. The number of phosphoric ester groups is 2. The molecule has 0 saturated heterocycles. The Labute approximate surface area is 479 Å². The second-order valence-electron chi connectivity index (χ2n) is 23.2. The van der Waals surface area contributed by atoms with Gasteiger partial charge in [0.2, 0.25) is 0 Å². The Bertz CT molecular complexity index is 1580. The molecule has 19 heteroatoms. The first kappa shape index (κ1) is 77.1. The average molecular weight is 1170 g/mol. The van der Waals surface area contributed by atoms with Crippen molar-refractivity contribution in [3.8, 4) is 0 Å². The Morgan fingerprint density at radius 2 is 0.582 bits per heavy atom. The predicted octanol–water partition coefficient (Wildman–Crippen LogP) is 15.9. The van der Waals surface area contributed by atoms with Crippen LogP contribution in [-0.4, -0.2) is 96.7 Å². The zero-order valence-electron chi connectivity index (χ0n) is 50.8. The van der Waals surface area contributed by atoms with Gasteiger partial charge in [0, 0.05) is 25.7 Å². The number of rotatable bonds is 58. The van der Waals surface area contributed by atoms with Crippen molar-refractivity contribution in [3.05, 3.63) is 0 Å². The second-order valence-corrected chi connectivity index (χ2v) is 26.1. The van der Waals surface area contributed by atoms with Crippen LogP contribution in [0.1, 0.15) is 286 Å². The summed E-state index contributed by atoms with van der Waals surface area (Å²) in [5.41, 5.74) is 0. The van der Waals surface area contributed by atoms with Gasteiger partial charge in [-0.3, -0.25) is 37.3 Å². The fourth-order valence-electron chi connectivity index (χ4n) is 8.77. The molecule has 0 radical (unpaired) electrons. The van der Waals surface area contributed by atoms with Gasteiger partial charge in [0.15, 0.2) is 12.2 Å². The van der Waals surface area contributed by atoms with E-state index in [0.29, 0.717) is 37.5 Å².